The average Bonchev–Trinajstić information content (AvgIpc) is 2.61. The van der Waals surface area contributed by atoms with Gasteiger partial charge in [-0.1, -0.05) is 29.8 Å². The van der Waals surface area contributed by atoms with E-state index in [1.165, 1.54) is 18.4 Å². The molecular weight excluding hydrogens is 288 g/mol. The van der Waals surface area contributed by atoms with Crippen LogP contribution >= 0.6 is 0 Å². The van der Waals surface area contributed by atoms with Crippen LogP contribution in [0.5, 0.6) is 5.88 Å². The quantitative estimate of drug-likeness (QED) is 0.872. The number of nitrogens with zero attached hydrogens (tertiary/aromatic N) is 1. The Bertz CT molecular complexity index is 752. The van der Waals surface area contributed by atoms with Crippen LogP contribution in [-0.4, -0.2) is 24.0 Å². The molecular formula is C19H22N2O2. The van der Waals surface area contributed by atoms with Crippen LogP contribution in [0.1, 0.15) is 43.0 Å². The summed E-state index contributed by atoms with van der Waals surface area (Å²) in [4.78, 5) is 17.2. The lowest BCUT2D eigenvalue weighted by Crippen LogP contribution is -2.34. The summed E-state index contributed by atoms with van der Waals surface area (Å²) in [6.07, 6.45) is 6.90. The Morgan fingerprint density at radius 2 is 2.13 bits per heavy atom. The molecule has 0 bridgehead atoms. The number of aromatic nitrogens is 1. The molecule has 23 heavy (non-hydrogen) atoms. The number of allylic oxidation sites excluding steroid dienone is 1. The van der Waals surface area contributed by atoms with Gasteiger partial charge in [0.1, 0.15) is 0 Å². The molecule has 2 aromatic rings. The van der Waals surface area contributed by atoms with E-state index in [1.807, 2.05) is 24.3 Å². The summed E-state index contributed by atoms with van der Waals surface area (Å²) in [7, 11) is 1.56. The van der Waals surface area contributed by atoms with Gasteiger partial charge in [0, 0.05) is 17.5 Å². The molecule has 1 aromatic heterocycles. The summed E-state index contributed by atoms with van der Waals surface area (Å²) < 4.78 is 5.23. The second kappa shape index (κ2) is 6.82. The Morgan fingerprint density at radius 3 is 2.87 bits per heavy atom. The van der Waals surface area contributed by atoms with E-state index in [-0.39, 0.29) is 11.9 Å². The van der Waals surface area contributed by atoms with Gasteiger partial charge in [-0.25, -0.2) is 4.98 Å². The van der Waals surface area contributed by atoms with Gasteiger partial charge in [0.25, 0.3) is 5.91 Å². The third-order valence-corrected chi connectivity index (χ3v) is 4.38. The Balaban J connectivity index is 1.89. The topological polar surface area (TPSA) is 51.2 Å². The smallest absolute Gasteiger partial charge is 0.252 e. The zero-order chi connectivity index (χ0) is 16.2. The van der Waals surface area contributed by atoms with Crippen molar-refractivity contribution in [2.45, 2.75) is 38.6 Å². The van der Waals surface area contributed by atoms with Crippen LogP contribution in [-0.2, 0) is 0 Å². The number of nitrogens with one attached hydrogen (secondary N) is 1. The lowest BCUT2D eigenvalue weighted by atomic mass is 9.94. The first-order valence-electron chi connectivity index (χ1n) is 8.12. The number of methoxy groups -OCH3 is 1. The van der Waals surface area contributed by atoms with E-state index in [0.29, 0.717) is 11.4 Å². The maximum absolute atomic E-state index is 12.8. The van der Waals surface area contributed by atoms with Crippen LogP contribution in [0.2, 0.25) is 0 Å². The van der Waals surface area contributed by atoms with Gasteiger partial charge in [0.2, 0.25) is 5.88 Å². The Hall–Kier alpha value is -2.36. The lowest BCUT2D eigenvalue weighted by molar-refractivity contribution is 0.0945. The van der Waals surface area contributed by atoms with Gasteiger partial charge >= 0.3 is 0 Å². The van der Waals surface area contributed by atoms with E-state index in [9.17, 15) is 4.79 Å². The third kappa shape index (κ3) is 3.36. The third-order valence-electron chi connectivity index (χ3n) is 4.38. The highest BCUT2D eigenvalue weighted by Gasteiger charge is 2.18. The zero-order valence-corrected chi connectivity index (χ0v) is 13.6. The average molecular weight is 310 g/mol. The van der Waals surface area contributed by atoms with E-state index in [0.717, 1.165) is 23.7 Å². The summed E-state index contributed by atoms with van der Waals surface area (Å²) in [6, 6.07) is 9.40. The zero-order valence-electron chi connectivity index (χ0n) is 13.6. The van der Waals surface area contributed by atoms with E-state index in [2.05, 4.69) is 23.3 Å². The first-order valence-corrected chi connectivity index (χ1v) is 8.12. The molecule has 1 unspecified atom stereocenters. The predicted molar refractivity (Wildman–Crippen MR) is 91.8 cm³/mol. The number of carbonyl (C=O) groups excluding carboxylic acids is 1. The first kappa shape index (κ1) is 15.5. The minimum Gasteiger partial charge on any atom is -0.481 e. The van der Waals surface area contributed by atoms with E-state index in [4.69, 9.17) is 4.74 Å². The molecule has 0 saturated carbocycles. The van der Waals surface area contributed by atoms with E-state index in [1.54, 1.807) is 13.2 Å². The monoisotopic (exact) mass is 310 g/mol. The minimum atomic E-state index is -0.0825. The van der Waals surface area contributed by atoms with Crippen molar-refractivity contribution in [3.8, 4) is 5.88 Å². The summed E-state index contributed by atoms with van der Waals surface area (Å²) in [5.74, 6) is 0.374. The van der Waals surface area contributed by atoms with Gasteiger partial charge in [-0.15, -0.1) is 0 Å². The molecule has 4 nitrogen and oxygen atoms in total. The van der Waals surface area contributed by atoms with Crippen molar-refractivity contribution >= 4 is 16.8 Å². The number of hydrogen-bond acceptors (Lipinski definition) is 3. The summed E-state index contributed by atoms with van der Waals surface area (Å²) in [5, 5.41) is 3.96. The number of para-hydroxylation sites is 1. The Morgan fingerprint density at radius 1 is 1.30 bits per heavy atom. The van der Waals surface area contributed by atoms with Crippen LogP contribution in [0.15, 0.2) is 42.0 Å². The van der Waals surface area contributed by atoms with Crippen molar-refractivity contribution in [1.82, 2.24) is 10.3 Å². The molecule has 3 rings (SSSR count). The standard InChI is InChI=1S/C19H22N2O2/c1-13(14-8-4-3-5-9-14)20-19(22)16-12-18(23-2)21-17-11-7-6-10-15(16)17/h6-8,10-13H,3-5,9H2,1-2H3,(H,20,22). The van der Waals surface area contributed by atoms with E-state index >= 15 is 0 Å². The molecule has 0 fully saturated rings. The molecule has 120 valence electrons. The van der Waals surface area contributed by atoms with Crippen molar-refractivity contribution in [2.24, 2.45) is 0 Å². The molecule has 1 amide bonds. The van der Waals surface area contributed by atoms with Crippen LogP contribution in [0.3, 0.4) is 0 Å². The summed E-state index contributed by atoms with van der Waals surface area (Å²) >= 11 is 0. The normalized spacial score (nSPS) is 15.8. The van der Waals surface area contributed by atoms with Gasteiger partial charge < -0.3 is 10.1 Å². The SMILES string of the molecule is COc1cc(C(=O)NC(C)C2=CCCCC2)c2ccccc2n1. The number of pyridine rings is 1. The number of rotatable bonds is 4. The largest absolute Gasteiger partial charge is 0.481 e. The number of carbonyl (C=O) groups is 1. The molecule has 1 atom stereocenters. The maximum atomic E-state index is 12.8. The second-order valence-electron chi connectivity index (χ2n) is 5.95. The van der Waals surface area contributed by atoms with Crippen molar-refractivity contribution in [3.63, 3.8) is 0 Å². The lowest BCUT2D eigenvalue weighted by Gasteiger charge is -2.21. The highest BCUT2D eigenvalue weighted by atomic mass is 16.5. The van der Waals surface area contributed by atoms with Crippen molar-refractivity contribution in [1.29, 1.82) is 0 Å². The minimum absolute atomic E-state index is 0.0562. The van der Waals surface area contributed by atoms with Crippen LogP contribution in [0.25, 0.3) is 10.9 Å². The molecule has 4 heteroatoms. The van der Waals surface area contributed by atoms with Crippen LogP contribution < -0.4 is 10.1 Å². The molecule has 1 aliphatic rings. The van der Waals surface area contributed by atoms with Crippen molar-refractivity contribution in [2.75, 3.05) is 7.11 Å². The van der Waals surface area contributed by atoms with Crippen LogP contribution in [0.4, 0.5) is 0 Å². The number of benzene rings is 1. The van der Waals surface area contributed by atoms with E-state index < -0.39 is 0 Å². The van der Waals surface area contributed by atoms with Crippen LogP contribution in [0, 0.1) is 0 Å². The number of ether oxygens (including phenoxy) is 1. The van der Waals surface area contributed by atoms with Gasteiger partial charge in [-0.2, -0.15) is 0 Å². The highest BCUT2D eigenvalue weighted by Crippen LogP contribution is 2.23. The fourth-order valence-corrected chi connectivity index (χ4v) is 3.07. The van der Waals surface area contributed by atoms with Crippen molar-refractivity contribution in [3.05, 3.63) is 47.5 Å². The molecule has 1 aromatic carbocycles. The number of fused-ring (bicyclic) bond motifs is 1. The maximum Gasteiger partial charge on any atom is 0.252 e. The molecule has 0 saturated heterocycles. The fraction of sp³-hybridized carbons (Fsp3) is 0.368. The van der Waals surface area contributed by atoms with Crippen molar-refractivity contribution < 1.29 is 9.53 Å². The molecule has 1 N–H and O–H groups in total. The van der Waals surface area contributed by atoms with Gasteiger partial charge in [-0.3, -0.25) is 4.79 Å². The Kier molecular flexibility index (Phi) is 4.60. The molecule has 0 spiro atoms. The number of amides is 1. The Labute approximate surface area is 136 Å². The van der Waals surface area contributed by atoms with Gasteiger partial charge in [0.05, 0.1) is 18.2 Å². The molecule has 1 aliphatic carbocycles. The van der Waals surface area contributed by atoms with Gasteiger partial charge in [0.15, 0.2) is 0 Å². The number of hydrogen-bond donors (Lipinski definition) is 1. The summed E-state index contributed by atoms with van der Waals surface area (Å²) in [6.45, 7) is 2.05. The first-order chi connectivity index (χ1) is 11.2. The predicted octanol–water partition coefficient (Wildman–Crippen LogP) is 3.86. The highest BCUT2D eigenvalue weighted by molar-refractivity contribution is 6.06. The molecule has 0 aliphatic heterocycles. The molecule has 0 radical (unpaired) electrons. The van der Waals surface area contributed by atoms with Gasteiger partial charge in [-0.05, 0) is 38.7 Å². The second-order valence-corrected chi connectivity index (χ2v) is 5.95. The molecule has 1 heterocycles. The fourth-order valence-electron chi connectivity index (χ4n) is 3.07. The summed E-state index contributed by atoms with van der Waals surface area (Å²) in [5.41, 5.74) is 2.70.